The first-order valence-corrected chi connectivity index (χ1v) is 21.8. The molecule has 3 aliphatic heterocycles. The molecule has 0 radical (unpaired) electrons. The van der Waals surface area contributed by atoms with E-state index in [1.54, 1.807) is 34.6 Å². The Kier molecular flexibility index (Phi) is 19.5. The zero-order chi connectivity index (χ0) is 44.6. The molecular weight excluding hydrogens is 764 g/mol. The number of ether oxygens (including phenoxy) is 6. The lowest BCUT2D eigenvalue weighted by Crippen LogP contribution is -2.60. The number of likely N-dealkylation sites (N-methyl/N-ethyl adjacent to an activating group) is 1. The molecule has 3 fully saturated rings. The maximum Gasteiger partial charge on any atom is 0.311 e. The van der Waals surface area contributed by atoms with Crippen LogP contribution >= 0.6 is 0 Å². The second kappa shape index (κ2) is 22.2. The second-order valence-electron chi connectivity index (χ2n) is 18.7. The molecule has 18 atom stereocenters. The van der Waals surface area contributed by atoms with Crippen LogP contribution in [-0.4, -0.2) is 179 Å². The molecule has 0 amide bonds. The van der Waals surface area contributed by atoms with Crippen molar-refractivity contribution in [3.8, 4) is 6.07 Å². The first-order valence-electron chi connectivity index (χ1n) is 21.8. The molecule has 3 saturated heterocycles. The summed E-state index contributed by atoms with van der Waals surface area (Å²) in [5.41, 5.74) is -4.51. The minimum atomic E-state index is -1.86. The van der Waals surface area contributed by atoms with Crippen LogP contribution in [0.1, 0.15) is 108 Å². The lowest BCUT2D eigenvalue weighted by molar-refractivity contribution is -0.318. The molecule has 3 rings (SSSR count). The van der Waals surface area contributed by atoms with Gasteiger partial charge in [-0.05, 0) is 107 Å². The number of hydrogen-bond donors (Lipinski definition) is 6. The zero-order valence-electron chi connectivity index (χ0n) is 38.2. The average molecular weight is 845 g/mol. The van der Waals surface area contributed by atoms with Gasteiger partial charge in [0.15, 0.2) is 12.6 Å². The molecule has 0 aromatic rings. The maximum absolute atomic E-state index is 14.4. The van der Waals surface area contributed by atoms with Crippen LogP contribution in [0.5, 0.6) is 0 Å². The highest BCUT2D eigenvalue weighted by Gasteiger charge is 2.53. The molecule has 0 aromatic heterocycles. The minimum Gasteiger partial charge on any atom is -0.459 e. The number of rotatable bonds is 13. The molecule has 0 aliphatic carbocycles. The summed E-state index contributed by atoms with van der Waals surface area (Å²) in [6.07, 6.45) is -7.53. The van der Waals surface area contributed by atoms with E-state index in [1.165, 1.54) is 14.0 Å². The summed E-state index contributed by atoms with van der Waals surface area (Å²) in [4.78, 5) is 18.4. The quantitative estimate of drug-likeness (QED) is 0.116. The van der Waals surface area contributed by atoms with Gasteiger partial charge in [0.25, 0.3) is 0 Å². The molecule has 0 bridgehead atoms. The Morgan fingerprint density at radius 3 is 2.24 bits per heavy atom. The van der Waals surface area contributed by atoms with Crippen molar-refractivity contribution < 1.29 is 58.7 Å². The summed E-state index contributed by atoms with van der Waals surface area (Å²) in [5.74, 6) is -2.72. The second-order valence-corrected chi connectivity index (χ2v) is 18.7. The number of methoxy groups -OCH3 is 1. The number of aliphatic hydroxyl groups excluding tert-OH is 3. The highest BCUT2D eigenvalue weighted by Crippen LogP contribution is 2.40. The number of esters is 1. The Balaban J connectivity index is 2.17. The minimum absolute atomic E-state index is 0.117. The molecule has 1 unspecified atom stereocenters. The monoisotopic (exact) mass is 845 g/mol. The summed E-state index contributed by atoms with van der Waals surface area (Å²) in [6, 6.07) is 1.24. The van der Waals surface area contributed by atoms with Gasteiger partial charge in [-0.15, -0.1) is 0 Å². The van der Waals surface area contributed by atoms with Crippen molar-refractivity contribution in [3.05, 3.63) is 0 Å². The van der Waals surface area contributed by atoms with Gasteiger partial charge in [-0.1, -0.05) is 20.8 Å². The van der Waals surface area contributed by atoms with E-state index in [0.717, 1.165) is 0 Å². The molecule has 16 heteroatoms. The Labute approximate surface area is 353 Å². The van der Waals surface area contributed by atoms with Crippen LogP contribution in [0, 0.1) is 29.1 Å². The molecule has 0 aromatic carbocycles. The Bertz CT molecular complexity index is 1340. The zero-order valence-corrected chi connectivity index (χ0v) is 38.2. The lowest BCUT2D eigenvalue weighted by Gasteiger charge is -2.48. The van der Waals surface area contributed by atoms with Crippen LogP contribution in [-0.2, 0) is 33.2 Å². The van der Waals surface area contributed by atoms with E-state index in [0.29, 0.717) is 45.4 Å². The van der Waals surface area contributed by atoms with E-state index in [9.17, 15) is 30.3 Å². The van der Waals surface area contributed by atoms with Gasteiger partial charge in [0, 0.05) is 51.0 Å². The van der Waals surface area contributed by atoms with Crippen molar-refractivity contribution in [1.29, 1.82) is 5.26 Å². The SMILES string of the molecule is CC[C@H]1OC(=O)[C@H](C)[C@@H](O[C@H]2C[C@@](C)(OC)[C@@H](O)[C@H](C)O2)C(C)[C@@H](O[C@@H]2O[C@H](C)C[C@H](N(C)C)[C@H]2O)[C@](C)(O)C[C@@H](C)CN(CCCNCCC#N)[C@H](C)[C@@H](O)[C@]1(C)O. The van der Waals surface area contributed by atoms with Gasteiger partial charge in [0.1, 0.15) is 30.0 Å². The summed E-state index contributed by atoms with van der Waals surface area (Å²) < 4.78 is 37.9. The van der Waals surface area contributed by atoms with E-state index < -0.39 is 96.0 Å². The topological polar surface area (TPSA) is 216 Å². The number of aliphatic hydroxyl groups is 5. The summed E-state index contributed by atoms with van der Waals surface area (Å²) in [7, 11) is 5.27. The third-order valence-corrected chi connectivity index (χ3v) is 13.2. The highest BCUT2D eigenvalue weighted by molar-refractivity contribution is 5.73. The predicted molar refractivity (Wildman–Crippen MR) is 221 cm³/mol. The molecule has 3 aliphatic rings. The number of nitrogens with zero attached hydrogens (tertiary/aromatic N) is 3. The fourth-order valence-electron chi connectivity index (χ4n) is 9.58. The first kappa shape index (κ1) is 51.8. The molecule has 0 spiro atoms. The van der Waals surface area contributed by atoms with Crippen molar-refractivity contribution in [2.75, 3.05) is 47.4 Å². The molecule has 0 saturated carbocycles. The summed E-state index contributed by atoms with van der Waals surface area (Å²) >= 11 is 0. The number of nitriles is 1. The number of carbonyl (C=O) groups is 1. The summed E-state index contributed by atoms with van der Waals surface area (Å²) in [5, 5.41) is 71.6. The van der Waals surface area contributed by atoms with E-state index in [-0.39, 0.29) is 37.3 Å². The van der Waals surface area contributed by atoms with Gasteiger partial charge >= 0.3 is 5.97 Å². The third kappa shape index (κ3) is 13.0. The number of hydrogen-bond acceptors (Lipinski definition) is 16. The van der Waals surface area contributed by atoms with Crippen molar-refractivity contribution in [1.82, 2.24) is 15.1 Å². The van der Waals surface area contributed by atoms with E-state index in [2.05, 4.69) is 16.3 Å². The van der Waals surface area contributed by atoms with Gasteiger partial charge in [-0.25, -0.2) is 0 Å². The fourth-order valence-corrected chi connectivity index (χ4v) is 9.58. The molecule has 3 heterocycles. The number of cyclic esters (lactones) is 1. The van der Waals surface area contributed by atoms with Crippen molar-refractivity contribution in [2.24, 2.45) is 17.8 Å². The lowest BCUT2D eigenvalue weighted by atomic mass is 9.77. The normalized spacial score (nSPS) is 45.0. The van der Waals surface area contributed by atoms with Gasteiger partial charge in [-0.2, -0.15) is 5.26 Å². The third-order valence-electron chi connectivity index (χ3n) is 13.2. The van der Waals surface area contributed by atoms with E-state index in [1.807, 2.05) is 46.7 Å². The standard InChI is InChI=1S/C43H80N4O12/c1-14-32-43(10,53)36(49)29(6)47(20-16-19-45-18-15-17-44)24-25(2)22-41(8,52)38(59-40-34(48)31(46(11)12)21-26(3)55-40)27(4)35(28(5)39(51)57-32)58-33-23-42(9,54-13)37(50)30(7)56-33/h25-38,40,45,48-50,52-53H,14-16,18-24H2,1-13H3/t25-,26-,27?,28-,29-,30+,31+,32-,33+,34-,35+,36-,37+,38-,40+,41-,42-,43-/m1/s1. The van der Waals surface area contributed by atoms with Crippen molar-refractivity contribution >= 4 is 5.97 Å². The van der Waals surface area contributed by atoms with Crippen molar-refractivity contribution in [3.63, 3.8) is 0 Å². The number of carbonyl (C=O) groups excluding carboxylic acids is 1. The van der Waals surface area contributed by atoms with Gasteiger partial charge in [0.2, 0.25) is 0 Å². The summed E-state index contributed by atoms with van der Waals surface area (Å²) in [6.45, 7) is 19.8. The Morgan fingerprint density at radius 2 is 1.64 bits per heavy atom. The van der Waals surface area contributed by atoms with Gasteiger partial charge < -0.3 is 64.2 Å². The van der Waals surface area contributed by atoms with Gasteiger partial charge in [0.05, 0.1) is 47.6 Å². The number of nitrogens with one attached hydrogen (secondary N) is 1. The fraction of sp³-hybridized carbons (Fsp3) is 0.953. The van der Waals surface area contributed by atoms with Crippen LogP contribution < -0.4 is 5.32 Å². The Hall–Kier alpha value is -1.56. The molecule has 59 heavy (non-hydrogen) atoms. The largest absolute Gasteiger partial charge is 0.459 e. The van der Waals surface area contributed by atoms with E-state index in [4.69, 9.17) is 33.7 Å². The van der Waals surface area contributed by atoms with Crippen LogP contribution in [0.3, 0.4) is 0 Å². The van der Waals surface area contributed by atoms with E-state index >= 15 is 0 Å². The Morgan fingerprint density at radius 1 is 0.983 bits per heavy atom. The van der Waals surface area contributed by atoms with Crippen LogP contribution in [0.4, 0.5) is 0 Å². The van der Waals surface area contributed by atoms with Crippen LogP contribution in [0.15, 0.2) is 0 Å². The molecular formula is C43H80N4O12. The van der Waals surface area contributed by atoms with Crippen LogP contribution in [0.2, 0.25) is 0 Å². The first-order chi connectivity index (χ1) is 27.4. The molecule has 344 valence electrons. The highest BCUT2D eigenvalue weighted by atomic mass is 16.7. The molecule has 16 nitrogen and oxygen atoms in total. The predicted octanol–water partition coefficient (Wildman–Crippen LogP) is 2.16. The smallest absolute Gasteiger partial charge is 0.311 e. The van der Waals surface area contributed by atoms with Gasteiger partial charge in [-0.3, -0.25) is 9.69 Å². The average Bonchev–Trinajstić information content (AvgIpc) is 3.16. The molecule has 6 N–H and O–H groups in total. The maximum atomic E-state index is 14.4. The van der Waals surface area contributed by atoms with Crippen molar-refractivity contribution in [2.45, 2.75) is 198 Å². The van der Waals surface area contributed by atoms with Crippen LogP contribution in [0.25, 0.3) is 0 Å².